The Bertz CT molecular complexity index is 239. The van der Waals surface area contributed by atoms with Crippen molar-refractivity contribution in [2.45, 2.75) is 6.61 Å². The van der Waals surface area contributed by atoms with E-state index in [1.807, 2.05) is 0 Å². The number of rotatable bonds is 1. The third kappa shape index (κ3) is 1.20. The minimum Gasteiger partial charge on any atom is -0.396 e. The van der Waals surface area contributed by atoms with Crippen molar-refractivity contribution in [2.24, 2.45) is 0 Å². The van der Waals surface area contributed by atoms with Gasteiger partial charge in [0.15, 0.2) is 5.15 Å². The molecular formula is C6H7ClN2O. The van der Waals surface area contributed by atoms with Crippen molar-refractivity contribution in [3.05, 3.63) is 23.0 Å². The normalized spacial score (nSPS) is 9.80. The van der Waals surface area contributed by atoms with Crippen LogP contribution in [0.1, 0.15) is 5.56 Å². The summed E-state index contributed by atoms with van der Waals surface area (Å²) in [7, 11) is 0. The van der Waals surface area contributed by atoms with Crippen LogP contribution >= 0.6 is 11.6 Å². The minimum absolute atomic E-state index is 0.103. The number of nitrogen functional groups attached to an aromatic ring is 1. The van der Waals surface area contributed by atoms with Crippen molar-refractivity contribution >= 4 is 17.3 Å². The number of aliphatic hydroxyl groups is 1. The summed E-state index contributed by atoms with van der Waals surface area (Å²) in [6, 6.07) is 1.63. The molecule has 0 aromatic carbocycles. The van der Waals surface area contributed by atoms with Gasteiger partial charge in [0.2, 0.25) is 0 Å². The lowest BCUT2D eigenvalue weighted by Crippen LogP contribution is -1.95. The van der Waals surface area contributed by atoms with E-state index in [1.54, 1.807) is 6.07 Å². The first-order valence-corrected chi connectivity index (χ1v) is 3.13. The number of nitrogens with two attached hydrogens (primary N) is 1. The van der Waals surface area contributed by atoms with Crippen molar-refractivity contribution in [3.8, 4) is 0 Å². The molecule has 0 saturated heterocycles. The zero-order valence-corrected chi connectivity index (χ0v) is 5.97. The van der Waals surface area contributed by atoms with E-state index in [2.05, 4.69) is 4.98 Å². The van der Waals surface area contributed by atoms with Crippen molar-refractivity contribution in [1.29, 1.82) is 0 Å². The van der Waals surface area contributed by atoms with Crippen LogP contribution in [0.25, 0.3) is 0 Å². The van der Waals surface area contributed by atoms with Gasteiger partial charge in [0.25, 0.3) is 0 Å². The molecule has 3 N–H and O–H groups in total. The fourth-order valence-corrected chi connectivity index (χ4v) is 0.800. The zero-order chi connectivity index (χ0) is 7.56. The van der Waals surface area contributed by atoms with Crippen LogP contribution in [0, 0.1) is 0 Å². The molecule has 0 aliphatic rings. The summed E-state index contributed by atoms with van der Waals surface area (Å²) in [5.74, 6) is 0. The van der Waals surface area contributed by atoms with E-state index in [9.17, 15) is 0 Å². The highest BCUT2D eigenvalue weighted by atomic mass is 35.5. The minimum atomic E-state index is -0.103. The Hall–Kier alpha value is -0.800. The highest BCUT2D eigenvalue weighted by molar-refractivity contribution is 6.31. The highest BCUT2D eigenvalue weighted by Gasteiger charge is 2.00. The number of halogens is 1. The van der Waals surface area contributed by atoms with Crippen LogP contribution in [0.2, 0.25) is 5.15 Å². The first kappa shape index (κ1) is 7.31. The van der Waals surface area contributed by atoms with Gasteiger partial charge in [-0.3, -0.25) is 0 Å². The molecular weight excluding hydrogens is 152 g/mol. The van der Waals surface area contributed by atoms with E-state index in [0.717, 1.165) is 0 Å². The van der Waals surface area contributed by atoms with Gasteiger partial charge < -0.3 is 10.8 Å². The zero-order valence-electron chi connectivity index (χ0n) is 5.21. The fourth-order valence-electron chi connectivity index (χ4n) is 0.622. The SMILES string of the molecule is Nc1c(CO)ccnc1Cl. The molecule has 1 rings (SSSR count). The summed E-state index contributed by atoms with van der Waals surface area (Å²) in [6.45, 7) is -0.103. The van der Waals surface area contributed by atoms with Gasteiger partial charge in [-0.15, -0.1) is 0 Å². The Kier molecular flexibility index (Phi) is 2.09. The van der Waals surface area contributed by atoms with Gasteiger partial charge in [0.05, 0.1) is 12.3 Å². The molecule has 0 atom stereocenters. The predicted octanol–water partition coefficient (Wildman–Crippen LogP) is 0.810. The van der Waals surface area contributed by atoms with Crippen molar-refractivity contribution in [1.82, 2.24) is 4.98 Å². The maximum atomic E-state index is 8.68. The number of nitrogens with zero attached hydrogens (tertiary/aromatic N) is 1. The first-order chi connectivity index (χ1) is 4.75. The third-order valence-electron chi connectivity index (χ3n) is 1.20. The summed E-state index contributed by atoms with van der Waals surface area (Å²) in [6.07, 6.45) is 1.50. The molecule has 0 spiro atoms. The summed E-state index contributed by atoms with van der Waals surface area (Å²) in [5, 5.41) is 8.92. The van der Waals surface area contributed by atoms with Crippen molar-refractivity contribution < 1.29 is 5.11 Å². The lowest BCUT2D eigenvalue weighted by Gasteiger charge is -2.00. The summed E-state index contributed by atoms with van der Waals surface area (Å²) < 4.78 is 0. The largest absolute Gasteiger partial charge is 0.396 e. The van der Waals surface area contributed by atoms with E-state index in [1.165, 1.54) is 6.20 Å². The van der Waals surface area contributed by atoms with Crippen LogP contribution < -0.4 is 5.73 Å². The quantitative estimate of drug-likeness (QED) is 0.595. The second kappa shape index (κ2) is 2.86. The van der Waals surface area contributed by atoms with Crippen LogP contribution in [-0.4, -0.2) is 10.1 Å². The van der Waals surface area contributed by atoms with Crippen molar-refractivity contribution in [3.63, 3.8) is 0 Å². The van der Waals surface area contributed by atoms with Gasteiger partial charge in [-0.1, -0.05) is 11.6 Å². The standard InChI is InChI=1S/C6H7ClN2O/c7-6-5(8)4(3-10)1-2-9-6/h1-2,10H,3,8H2. The Morgan fingerprint density at radius 1 is 1.70 bits per heavy atom. The fraction of sp³-hybridized carbons (Fsp3) is 0.167. The van der Waals surface area contributed by atoms with Gasteiger partial charge in [0, 0.05) is 11.8 Å². The average Bonchev–Trinajstić information content (AvgIpc) is 1.95. The number of anilines is 1. The van der Waals surface area contributed by atoms with Crippen LogP contribution in [0.4, 0.5) is 5.69 Å². The molecule has 0 bridgehead atoms. The monoisotopic (exact) mass is 158 g/mol. The Morgan fingerprint density at radius 2 is 2.40 bits per heavy atom. The smallest absolute Gasteiger partial charge is 0.152 e. The van der Waals surface area contributed by atoms with E-state index < -0.39 is 0 Å². The van der Waals surface area contributed by atoms with E-state index >= 15 is 0 Å². The predicted molar refractivity (Wildman–Crippen MR) is 39.6 cm³/mol. The molecule has 0 aliphatic carbocycles. The second-order valence-electron chi connectivity index (χ2n) is 1.83. The Labute approximate surface area is 63.5 Å². The molecule has 0 aliphatic heterocycles. The molecule has 1 aromatic heterocycles. The van der Waals surface area contributed by atoms with Gasteiger partial charge >= 0.3 is 0 Å². The number of aromatic nitrogens is 1. The van der Waals surface area contributed by atoms with Gasteiger partial charge in [0.1, 0.15) is 0 Å². The molecule has 4 heteroatoms. The number of hydrogen-bond acceptors (Lipinski definition) is 3. The summed E-state index contributed by atoms with van der Waals surface area (Å²) >= 11 is 5.55. The highest BCUT2D eigenvalue weighted by Crippen LogP contribution is 2.18. The molecule has 1 aromatic rings. The van der Waals surface area contributed by atoms with Crippen LogP contribution in [-0.2, 0) is 6.61 Å². The maximum absolute atomic E-state index is 8.68. The van der Waals surface area contributed by atoms with Crippen LogP contribution in [0.5, 0.6) is 0 Å². The molecule has 1 heterocycles. The van der Waals surface area contributed by atoms with E-state index in [-0.39, 0.29) is 11.8 Å². The number of hydrogen-bond donors (Lipinski definition) is 2. The Morgan fingerprint density at radius 3 is 2.90 bits per heavy atom. The maximum Gasteiger partial charge on any atom is 0.152 e. The first-order valence-electron chi connectivity index (χ1n) is 2.75. The summed E-state index contributed by atoms with van der Waals surface area (Å²) in [5.41, 5.74) is 6.40. The lowest BCUT2D eigenvalue weighted by atomic mass is 10.2. The van der Waals surface area contributed by atoms with E-state index in [4.69, 9.17) is 22.4 Å². The molecule has 0 radical (unpaired) electrons. The molecule has 3 nitrogen and oxygen atoms in total. The van der Waals surface area contributed by atoms with Gasteiger partial charge in [-0.2, -0.15) is 0 Å². The van der Waals surface area contributed by atoms with Gasteiger partial charge in [-0.25, -0.2) is 4.98 Å². The molecule has 54 valence electrons. The molecule has 0 fully saturated rings. The summed E-state index contributed by atoms with van der Waals surface area (Å²) in [4.78, 5) is 3.72. The molecule has 0 amide bonds. The second-order valence-corrected chi connectivity index (χ2v) is 2.19. The molecule has 0 unspecified atom stereocenters. The van der Waals surface area contributed by atoms with Crippen molar-refractivity contribution in [2.75, 3.05) is 5.73 Å². The van der Waals surface area contributed by atoms with Crippen LogP contribution in [0.15, 0.2) is 12.3 Å². The van der Waals surface area contributed by atoms with Crippen LogP contribution in [0.3, 0.4) is 0 Å². The lowest BCUT2D eigenvalue weighted by molar-refractivity contribution is 0.282. The third-order valence-corrected chi connectivity index (χ3v) is 1.50. The molecule has 10 heavy (non-hydrogen) atoms. The number of pyridine rings is 1. The topological polar surface area (TPSA) is 59.1 Å². The number of aliphatic hydroxyl groups excluding tert-OH is 1. The molecule has 0 saturated carbocycles. The average molecular weight is 159 g/mol. The van der Waals surface area contributed by atoms with E-state index in [0.29, 0.717) is 11.3 Å². The van der Waals surface area contributed by atoms with Gasteiger partial charge in [-0.05, 0) is 6.07 Å². The Balaban J connectivity index is 3.14.